The number of aryl methyl sites for hydroxylation is 1. The number of anilines is 1. The average molecular weight is 542 g/mol. The molecule has 0 saturated heterocycles. The summed E-state index contributed by atoms with van der Waals surface area (Å²) in [6, 6.07) is 34.0. The molecular formula is C33H37BrN2. The molecule has 0 fully saturated rings. The molecule has 0 heterocycles. The maximum absolute atomic E-state index is 6.08. The summed E-state index contributed by atoms with van der Waals surface area (Å²) in [6.45, 7) is 9.90. The minimum absolute atomic E-state index is 1.02. The van der Waals surface area contributed by atoms with Gasteiger partial charge in [0, 0.05) is 29.8 Å². The molecule has 36 heavy (non-hydrogen) atoms. The van der Waals surface area contributed by atoms with E-state index in [2.05, 4.69) is 134 Å². The van der Waals surface area contributed by atoms with Crippen LogP contribution in [0.1, 0.15) is 31.4 Å². The van der Waals surface area contributed by atoms with Crippen LogP contribution in [0.3, 0.4) is 0 Å². The highest BCUT2D eigenvalue weighted by Crippen LogP contribution is 2.33. The number of rotatable bonds is 5. The number of hydrogen-bond donors (Lipinski definition) is 1. The zero-order chi connectivity index (χ0) is 26.5. The zero-order valence-electron chi connectivity index (χ0n) is 22.1. The van der Waals surface area contributed by atoms with Crippen LogP contribution in [0.5, 0.6) is 0 Å². The van der Waals surface area contributed by atoms with Crippen molar-refractivity contribution in [3.8, 4) is 22.3 Å². The number of allylic oxidation sites excluding steroid dienone is 1. The number of para-hydroxylation sites is 1. The molecule has 0 radical (unpaired) electrons. The van der Waals surface area contributed by atoms with E-state index in [4.69, 9.17) is 5.41 Å². The molecule has 2 nitrogen and oxygen atoms in total. The van der Waals surface area contributed by atoms with Crippen LogP contribution in [0.15, 0.2) is 108 Å². The molecule has 0 aliphatic rings. The third kappa shape index (κ3) is 8.35. The van der Waals surface area contributed by atoms with Crippen LogP contribution in [-0.4, -0.2) is 20.3 Å². The molecule has 0 atom stereocenters. The predicted octanol–water partition coefficient (Wildman–Crippen LogP) is 9.92. The molecular weight excluding hydrogens is 504 g/mol. The number of hydrogen-bond acceptors (Lipinski definition) is 2. The third-order valence-corrected chi connectivity index (χ3v) is 6.20. The lowest BCUT2D eigenvalue weighted by atomic mass is 9.97. The van der Waals surface area contributed by atoms with Gasteiger partial charge in [-0.3, -0.25) is 0 Å². The average Bonchev–Trinajstić information content (AvgIpc) is 2.90. The first-order chi connectivity index (χ1) is 17.3. The van der Waals surface area contributed by atoms with Crippen molar-refractivity contribution in [2.45, 2.75) is 27.2 Å². The molecule has 0 aliphatic carbocycles. The van der Waals surface area contributed by atoms with Gasteiger partial charge in [0.25, 0.3) is 0 Å². The summed E-state index contributed by atoms with van der Waals surface area (Å²) >= 11 is 3.39. The maximum atomic E-state index is 6.08. The second-order valence-corrected chi connectivity index (χ2v) is 9.48. The second kappa shape index (κ2) is 14.9. The summed E-state index contributed by atoms with van der Waals surface area (Å²) in [5.41, 5.74) is 10.1. The molecule has 4 rings (SSSR count). The zero-order valence-corrected chi connectivity index (χ0v) is 23.6. The van der Waals surface area contributed by atoms with Gasteiger partial charge < -0.3 is 10.3 Å². The quantitative estimate of drug-likeness (QED) is 0.250. The fraction of sp³-hybridized carbons (Fsp3) is 0.182. The van der Waals surface area contributed by atoms with Gasteiger partial charge in [0.2, 0.25) is 0 Å². The molecule has 0 saturated carbocycles. The van der Waals surface area contributed by atoms with Gasteiger partial charge in [0.1, 0.15) is 0 Å². The van der Waals surface area contributed by atoms with Gasteiger partial charge in [0.05, 0.1) is 0 Å². The Kier molecular flexibility index (Phi) is 11.9. The largest absolute Gasteiger partial charge is 0.377 e. The highest BCUT2D eigenvalue weighted by Gasteiger charge is 2.09. The van der Waals surface area contributed by atoms with Crippen molar-refractivity contribution < 1.29 is 0 Å². The Bertz CT molecular complexity index is 1230. The maximum Gasteiger partial charge on any atom is 0.0470 e. The Hall–Kier alpha value is -3.43. The minimum Gasteiger partial charge on any atom is -0.377 e. The number of halogens is 1. The molecule has 0 aromatic heterocycles. The lowest BCUT2D eigenvalue weighted by Crippen LogP contribution is -2.11. The van der Waals surface area contributed by atoms with Crippen LogP contribution in [0.2, 0.25) is 0 Å². The van der Waals surface area contributed by atoms with Crippen LogP contribution in [0, 0.1) is 12.3 Å². The molecule has 4 aromatic rings. The first kappa shape index (κ1) is 28.8. The van der Waals surface area contributed by atoms with Crippen molar-refractivity contribution >= 4 is 33.4 Å². The highest BCUT2D eigenvalue weighted by molar-refractivity contribution is 9.10. The lowest BCUT2D eigenvalue weighted by Gasteiger charge is -2.20. The summed E-state index contributed by atoms with van der Waals surface area (Å²) < 4.78 is 1.12. The summed E-state index contributed by atoms with van der Waals surface area (Å²) in [6.07, 6.45) is 2.27. The van der Waals surface area contributed by atoms with E-state index < -0.39 is 0 Å². The van der Waals surface area contributed by atoms with E-state index in [9.17, 15) is 0 Å². The van der Waals surface area contributed by atoms with Crippen molar-refractivity contribution in [3.63, 3.8) is 0 Å². The Balaban J connectivity index is 0.000000273. The van der Waals surface area contributed by atoms with Crippen molar-refractivity contribution in [1.82, 2.24) is 0 Å². The van der Waals surface area contributed by atoms with Gasteiger partial charge >= 0.3 is 0 Å². The van der Waals surface area contributed by atoms with E-state index in [1.807, 2.05) is 18.2 Å². The fourth-order valence-corrected chi connectivity index (χ4v) is 4.11. The second-order valence-electron chi connectivity index (χ2n) is 8.56. The van der Waals surface area contributed by atoms with E-state index in [-0.39, 0.29) is 0 Å². The summed E-state index contributed by atoms with van der Waals surface area (Å²) in [7, 11) is 4.20. The topological polar surface area (TPSA) is 27.1 Å². The van der Waals surface area contributed by atoms with Crippen LogP contribution in [-0.2, 0) is 0 Å². The molecule has 0 amide bonds. The molecule has 0 unspecified atom stereocenters. The lowest BCUT2D eigenvalue weighted by molar-refractivity contribution is 1.12. The van der Waals surface area contributed by atoms with Crippen molar-refractivity contribution in [2.75, 3.05) is 19.0 Å². The van der Waals surface area contributed by atoms with Gasteiger partial charge in [0.15, 0.2) is 0 Å². The monoisotopic (exact) mass is 540 g/mol. The Morgan fingerprint density at radius 2 is 1.33 bits per heavy atom. The smallest absolute Gasteiger partial charge is 0.0470 e. The molecule has 0 spiro atoms. The highest BCUT2D eigenvalue weighted by atomic mass is 79.9. The van der Waals surface area contributed by atoms with Gasteiger partial charge in [-0.1, -0.05) is 114 Å². The van der Waals surface area contributed by atoms with Crippen LogP contribution in [0.4, 0.5) is 5.69 Å². The Morgan fingerprint density at radius 3 is 1.86 bits per heavy atom. The first-order valence-electron chi connectivity index (χ1n) is 12.1. The summed E-state index contributed by atoms with van der Waals surface area (Å²) in [4.78, 5) is 2.19. The van der Waals surface area contributed by atoms with Crippen molar-refractivity contribution in [3.05, 3.63) is 119 Å². The standard InChI is InChI=1S/C21H21N.C10H11Br.C2H5N/c1-16-8-7-11-20(21(16)22(2)3)19-14-12-18(13-15-19)17-9-5-4-6-10-17;1-3-8(2)9-4-6-10(11)7-5-9;1-2-3/h4-15H,1-3H3;4-7H,2-3H2,1H3;2-3H,1H3. The summed E-state index contributed by atoms with van der Waals surface area (Å²) in [5.74, 6) is 0. The Morgan fingerprint density at radius 1 is 0.806 bits per heavy atom. The van der Waals surface area contributed by atoms with Crippen molar-refractivity contribution in [1.29, 1.82) is 5.41 Å². The van der Waals surface area contributed by atoms with Gasteiger partial charge in [-0.15, -0.1) is 0 Å². The minimum atomic E-state index is 1.02. The van der Waals surface area contributed by atoms with Gasteiger partial charge in [-0.25, -0.2) is 0 Å². The van der Waals surface area contributed by atoms with E-state index >= 15 is 0 Å². The van der Waals surface area contributed by atoms with E-state index in [1.165, 1.54) is 50.9 Å². The van der Waals surface area contributed by atoms with E-state index in [0.29, 0.717) is 0 Å². The van der Waals surface area contributed by atoms with Crippen molar-refractivity contribution in [2.24, 2.45) is 0 Å². The molecule has 1 N–H and O–H groups in total. The molecule has 186 valence electrons. The fourth-order valence-electron chi connectivity index (χ4n) is 3.85. The molecule has 3 heteroatoms. The van der Waals surface area contributed by atoms with Gasteiger partial charge in [-0.2, -0.15) is 0 Å². The number of nitrogens with one attached hydrogen (secondary N) is 1. The molecule has 0 bridgehead atoms. The van der Waals surface area contributed by atoms with Crippen LogP contribution in [0.25, 0.3) is 27.8 Å². The predicted molar refractivity (Wildman–Crippen MR) is 164 cm³/mol. The number of benzene rings is 4. The molecule has 4 aromatic carbocycles. The third-order valence-electron chi connectivity index (χ3n) is 5.67. The number of nitrogens with zero attached hydrogens (tertiary/aromatic N) is 1. The SMILES string of the molecule is C=C(CC)c1ccc(Br)cc1.CC=N.Cc1cccc(-c2ccc(-c3ccccc3)cc2)c1N(C)C. The van der Waals surface area contributed by atoms with E-state index in [0.717, 1.165) is 10.9 Å². The summed E-state index contributed by atoms with van der Waals surface area (Å²) in [5, 5.41) is 6.08. The van der Waals surface area contributed by atoms with Crippen LogP contribution >= 0.6 is 15.9 Å². The van der Waals surface area contributed by atoms with Gasteiger partial charge in [-0.05, 0) is 72.0 Å². The van der Waals surface area contributed by atoms with Crippen LogP contribution < -0.4 is 4.90 Å². The first-order valence-corrected chi connectivity index (χ1v) is 12.9. The van der Waals surface area contributed by atoms with E-state index in [1.54, 1.807) is 6.92 Å². The molecule has 0 aliphatic heterocycles. The normalized spacial score (nSPS) is 9.72. The Labute approximate surface area is 226 Å².